The van der Waals surface area contributed by atoms with Crippen molar-refractivity contribution in [2.75, 3.05) is 19.0 Å². The minimum Gasteiger partial charge on any atom is -0.497 e. The van der Waals surface area contributed by atoms with Gasteiger partial charge in [0.25, 0.3) is 10.0 Å². The zero-order valence-electron chi connectivity index (χ0n) is 17.0. The van der Waals surface area contributed by atoms with Crippen LogP contribution in [0.1, 0.15) is 6.42 Å². The Kier molecular flexibility index (Phi) is 7.31. The van der Waals surface area contributed by atoms with Crippen molar-refractivity contribution < 1.29 is 27.1 Å². The summed E-state index contributed by atoms with van der Waals surface area (Å²) in [5.74, 6) is -0.904. The number of hydrogen-bond donors (Lipinski definition) is 1. The van der Waals surface area contributed by atoms with Crippen molar-refractivity contribution in [3.05, 3.63) is 67.0 Å². The molecule has 0 aromatic heterocycles. The molecule has 0 bridgehead atoms. The Labute approximate surface area is 189 Å². The lowest BCUT2D eigenvalue weighted by Gasteiger charge is -2.13. The lowest BCUT2D eigenvalue weighted by Crippen LogP contribution is -2.33. The molecule has 168 valence electrons. The molecule has 11 heteroatoms. The Hall–Kier alpha value is -3.18. The Balaban J connectivity index is 1.78. The summed E-state index contributed by atoms with van der Waals surface area (Å²) in [6.45, 7) is 3.60. The number of benzene rings is 2. The first-order valence-electron chi connectivity index (χ1n) is 9.37. The van der Waals surface area contributed by atoms with E-state index in [1.165, 1.54) is 13.2 Å². The van der Waals surface area contributed by atoms with Crippen molar-refractivity contribution >= 4 is 44.5 Å². The number of amides is 2. The van der Waals surface area contributed by atoms with Crippen LogP contribution in [0.15, 0.2) is 70.5 Å². The molecule has 0 spiro atoms. The molecule has 1 aliphatic rings. The maximum atomic E-state index is 13.1. The number of halogens is 1. The predicted molar refractivity (Wildman–Crippen MR) is 121 cm³/mol. The highest BCUT2D eigenvalue weighted by molar-refractivity contribution is 8.16. The van der Waals surface area contributed by atoms with Crippen LogP contribution in [0.2, 0.25) is 0 Å². The molecule has 1 atom stereocenters. The van der Waals surface area contributed by atoms with E-state index >= 15 is 0 Å². The number of carbonyl (C=O) groups excluding carboxylic acids is 2. The topological polar surface area (TPSA) is 105 Å². The highest BCUT2D eigenvalue weighted by atomic mass is 32.2. The van der Waals surface area contributed by atoms with Crippen LogP contribution in [0.4, 0.5) is 10.1 Å². The molecule has 2 aromatic carbocycles. The molecule has 1 aliphatic heterocycles. The van der Waals surface area contributed by atoms with Crippen LogP contribution in [0.5, 0.6) is 5.75 Å². The summed E-state index contributed by atoms with van der Waals surface area (Å²) in [7, 11) is -2.68. The third-order valence-electron chi connectivity index (χ3n) is 4.37. The minimum absolute atomic E-state index is 0.0254. The first-order valence-corrected chi connectivity index (χ1v) is 11.7. The molecule has 0 unspecified atom stereocenters. The van der Waals surface area contributed by atoms with Crippen LogP contribution in [0.3, 0.4) is 0 Å². The van der Waals surface area contributed by atoms with Gasteiger partial charge >= 0.3 is 0 Å². The van der Waals surface area contributed by atoms with E-state index in [4.69, 9.17) is 4.74 Å². The number of hydrogen-bond acceptors (Lipinski definition) is 6. The summed E-state index contributed by atoms with van der Waals surface area (Å²) in [5.41, 5.74) is 0.500. The second kappa shape index (κ2) is 9.96. The first-order chi connectivity index (χ1) is 15.2. The van der Waals surface area contributed by atoms with E-state index in [1.54, 1.807) is 24.3 Å². The van der Waals surface area contributed by atoms with Crippen molar-refractivity contribution in [2.24, 2.45) is 4.40 Å². The van der Waals surface area contributed by atoms with Gasteiger partial charge in [0.2, 0.25) is 11.8 Å². The van der Waals surface area contributed by atoms with E-state index in [0.717, 1.165) is 40.9 Å². The summed E-state index contributed by atoms with van der Waals surface area (Å²) < 4.78 is 47.2. The number of nitrogens with one attached hydrogen (secondary N) is 1. The van der Waals surface area contributed by atoms with Gasteiger partial charge < -0.3 is 10.1 Å². The third-order valence-corrected chi connectivity index (χ3v) is 6.94. The molecule has 2 amide bonds. The van der Waals surface area contributed by atoms with Gasteiger partial charge in [-0.25, -0.2) is 4.39 Å². The Morgan fingerprint density at radius 3 is 2.69 bits per heavy atom. The van der Waals surface area contributed by atoms with Gasteiger partial charge in [-0.15, -0.1) is 11.0 Å². The summed E-state index contributed by atoms with van der Waals surface area (Å²) in [6, 6.07) is 10.9. The standard InChI is InChI=1S/C21H20FN3O5S2/c1-3-11-25-20(27)18(13-19(26)23-15-5-4-6-16(12-15)30-2)31-21(25)24-32(28,29)17-9-7-14(22)8-10-17/h3-10,12,18H,1,11,13H2,2H3,(H,23,26)/t18-/m1/s1. The van der Waals surface area contributed by atoms with Crippen molar-refractivity contribution in [3.63, 3.8) is 0 Å². The summed E-state index contributed by atoms with van der Waals surface area (Å²) in [5, 5.41) is 1.76. The first kappa shape index (κ1) is 23.5. The van der Waals surface area contributed by atoms with Gasteiger partial charge in [-0.3, -0.25) is 14.5 Å². The summed E-state index contributed by atoms with van der Waals surface area (Å²) in [6.07, 6.45) is 1.24. The van der Waals surface area contributed by atoms with Gasteiger partial charge in [-0.1, -0.05) is 23.9 Å². The van der Waals surface area contributed by atoms with Gasteiger partial charge in [0.05, 0.1) is 12.0 Å². The fourth-order valence-corrected chi connectivity index (χ4v) is 5.21. The smallest absolute Gasteiger partial charge is 0.284 e. The zero-order chi connectivity index (χ0) is 23.3. The van der Waals surface area contributed by atoms with Gasteiger partial charge in [0.1, 0.15) is 16.8 Å². The lowest BCUT2D eigenvalue weighted by molar-refractivity contribution is -0.127. The van der Waals surface area contributed by atoms with Crippen molar-refractivity contribution in [3.8, 4) is 5.75 Å². The van der Waals surface area contributed by atoms with Gasteiger partial charge in [-0.2, -0.15) is 8.42 Å². The van der Waals surface area contributed by atoms with Crippen LogP contribution in [-0.4, -0.2) is 49.2 Å². The second-order valence-electron chi connectivity index (χ2n) is 6.63. The van der Waals surface area contributed by atoms with Gasteiger partial charge in [0, 0.05) is 24.7 Å². The summed E-state index contributed by atoms with van der Waals surface area (Å²) >= 11 is 0.878. The molecule has 32 heavy (non-hydrogen) atoms. The molecular weight excluding hydrogens is 457 g/mol. The molecule has 1 heterocycles. The van der Waals surface area contributed by atoms with E-state index in [1.807, 2.05) is 0 Å². The minimum atomic E-state index is -4.19. The number of ether oxygens (including phenoxy) is 1. The maximum Gasteiger partial charge on any atom is 0.284 e. The Morgan fingerprint density at radius 1 is 1.31 bits per heavy atom. The van der Waals surface area contributed by atoms with Gasteiger partial charge in [0.15, 0.2) is 5.17 Å². The highest BCUT2D eigenvalue weighted by Crippen LogP contribution is 2.31. The molecule has 1 fully saturated rings. The fourth-order valence-electron chi connectivity index (χ4n) is 2.85. The molecule has 0 saturated carbocycles. The van der Waals surface area contributed by atoms with Crippen LogP contribution < -0.4 is 10.1 Å². The quantitative estimate of drug-likeness (QED) is 0.586. The average Bonchev–Trinajstić information content (AvgIpc) is 3.02. The second-order valence-corrected chi connectivity index (χ2v) is 9.41. The number of rotatable bonds is 8. The molecule has 8 nitrogen and oxygen atoms in total. The number of methoxy groups -OCH3 is 1. The number of nitrogens with zero attached hydrogens (tertiary/aromatic N) is 2. The molecular formula is C21H20FN3O5S2. The third kappa shape index (κ3) is 5.54. The van der Waals surface area contributed by atoms with E-state index in [-0.39, 0.29) is 23.0 Å². The number of thioether (sulfide) groups is 1. The lowest BCUT2D eigenvalue weighted by atomic mass is 10.2. The zero-order valence-corrected chi connectivity index (χ0v) is 18.7. The van der Waals surface area contributed by atoms with E-state index < -0.39 is 32.9 Å². The molecule has 0 aliphatic carbocycles. The highest BCUT2D eigenvalue weighted by Gasteiger charge is 2.39. The molecule has 3 rings (SSSR count). The van der Waals surface area contributed by atoms with Crippen molar-refractivity contribution in [1.82, 2.24) is 4.90 Å². The summed E-state index contributed by atoms with van der Waals surface area (Å²) in [4.78, 5) is 26.2. The van der Waals surface area contributed by atoms with E-state index in [2.05, 4.69) is 16.3 Å². The Morgan fingerprint density at radius 2 is 2.03 bits per heavy atom. The normalized spacial score (nSPS) is 17.4. The van der Waals surface area contributed by atoms with E-state index in [0.29, 0.717) is 11.4 Å². The Bertz CT molecular complexity index is 1170. The van der Waals surface area contributed by atoms with Crippen LogP contribution in [0.25, 0.3) is 0 Å². The number of sulfonamides is 1. The largest absolute Gasteiger partial charge is 0.497 e. The number of amidine groups is 1. The predicted octanol–water partition coefficient (Wildman–Crippen LogP) is 3.04. The molecule has 0 radical (unpaired) electrons. The van der Waals surface area contributed by atoms with Crippen LogP contribution in [-0.2, 0) is 19.6 Å². The average molecular weight is 478 g/mol. The number of anilines is 1. The molecule has 1 N–H and O–H groups in total. The van der Waals surface area contributed by atoms with Crippen LogP contribution >= 0.6 is 11.8 Å². The van der Waals surface area contributed by atoms with Crippen LogP contribution in [0, 0.1) is 5.82 Å². The fraction of sp³-hybridized carbons (Fsp3) is 0.190. The maximum absolute atomic E-state index is 13.1. The van der Waals surface area contributed by atoms with E-state index in [9.17, 15) is 22.4 Å². The number of carbonyl (C=O) groups is 2. The van der Waals surface area contributed by atoms with Crippen molar-refractivity contribution in [2.45, 2.75) is 16.6 Å². The van der Waals surface area contributed by atoms with Gasteiger partial charge in [-0.05, 0) is 36.4 Å². The monoisotopic (exact) mass is 477 g/mol. The SMILES string of the molecule is C=CCN1C(=O)[C@@H](CC(=O)Nc2cccc(OC)c2)SC1=NS(=O)(=O)c1ccc(F)cc1. The molecule has 2 aromatic rings. The van der Waals surface area contributed by atoms with Crippen molar-refractivity contribution in [1.29, 1.82) is 0 Å². The molecule has 1 saturated heterocycles.